The molecular formula is C14H19NO5. The molecule has 0 aliphatic heterocycles. The molecule has 6 heteroatoms. The number of rotatable bonds is 6. The van der Waals surface area contributed by atoms with Crippen LogP contribution in [0.4, 0.5) is 4.79 Å². The van der Waals surface area contributed by atoms with Gasteiger partial charge in [-0.2, -0.15) is 5.06 Å². The summed E-state index contributed by atoms with van der Waals surface area (Å²) >= 11 is 0. The smallest absolute Gasteiger partial charge is 0.436 e. The highest BCUT2D eigenvalue weighted by molar-refractivity contribution is 5.66. The van der Waals surface area contributed by atoms with Crippen LogP contribution in [0.2, 0.25) is 0 Å². The number of benzene rings is 1. The number of ether oxygens (including phenoxy) is 2. The Balaban J connectivity index is 2.52. The summed E-state index contributed by atoms with van der Waals surface area (Å²) in [5.41, 5.74) is 0.916. The lowest BCUT2D eigenvalue weighted by Crippen LogP contribution is -2.41. The SMILES string of the molecule is C=C(C(C)OC)C(O)N(O)C(=O)OCc1ccccc1. The second kappa shape index (κ2) is 7.64. The summed E-state index contributed by atoms with van der Waals surface area (Å²) in [6.45, 7) is 5.19. The Morgan fingerprint density at radius 1 is 1.40 bits per heavy atom. The highest BCUT2D eigenvalue weighted by atomic mass is 16.6. The highest BCUT2D eigenvalue weighted by Crippen LogP contribution is 2.12. The van der Waals surface area contributed by atoms with Crippen molar-refractivity contribution in [1.82, 2.24) is 5.06 Å². The first-order valence-electron chi connectivity index (χ1n) is 6.05. The van der Waals surface area contributed by atoms with Crippen molar-refractivity contribution in [3.8, 4) is 0 Å². The van der Waals surface area contributed by atoms with Crippen molar-refractivity contribution in [3.63, 3.8) is 0 Å². The van der Waals surface area contributed by atoms with Gasteiger partial charge in [0.2, 0.25) is 0 Å². The Hall–Kier alpha value is -1.89. The molecule has 0 bridgehead atoms. The first-order valence-corrected chi connectivity index (χ1v) is 6.05. The molecule has 20 heavy (non-hydrogen) atoms. The van der Waals surface area contributed by atoms with Crippen molar-refractivity contribution >= 4 is 6.09 Å². The van der Waals surface area contributed by atoms with Crippen molar-refractivity contribution in [2.45, 2.75) is 25.9 Å². The molecular weight excluding hydrogens is 262 g/mol. The number of aliphatic hydroxyl groups is 1. The van der Waals surface area contributed by atoms with E-state index in [2.05, 4.69) is 6.58 Å². The largest absolute Gasteiger partial charge is 0.443 e. The Morgan fingerprint density at radius 2 is 2.00 bits per heavy atom. The van der Waals surface area contributed by atoms with Gasteiger partial charge >= 0.3 is 6.09 Å². The third kappa shape index (κ3) is 4.34. The molecule has 1 aromatic carbocycles. The molecule has 0 aliphatic carbocycles. The summed E-state index contributed by atoms with van der Waals surface area (Å²) in [4.78, 5) is 11.6. The van der Waals surface area contributed by atoms with E-state index in [0.717, 1.165) is 5.56 Å². The molecule has 0 saturated heterocycles. The molecule has 0 heterocycles. The fraction of sp³-hybridized carbons (Fsp3) is 0.357. The van der Waals surface area contributed by atoms with Gasteiger partial charge in [0, 0.05) is 12.7 Å². The quantitative estimate of drug-likeness (QED) is 0.360. The minimum Gasteiger partial charge on any atom is -0.443 e. The number of amides is 1. The van der Waals surface area contributed by atoms with E-state index >= 15 is 0 Å². The third-order valence-electron chi connectivity index (χ3n) is 2.83. The van der Waals surface area contributed by atoms with Crippen LogP contribution in [-0.2, 0) is 16.1 Å². The average Bonchev–Trinajstić information content (AvgIpc) is 2.50. The number of aliphatic hydroxyl groups excluding tert-OH is 1. The second-order valence-corrected chi connectivity index (χ2v) is 4.21. The molecule has 2 unspecified atom stereocenters. The van der Waals surface area contributed by atoms with Gasteiger partial charge in [-0.1, -0.05) is 36.9 Å². The van der Waals surface area contributed by atoms with Gasteiger partial charge in [0.1, 0.15) is 6.61 Å². The normalized spacial score (nSPS) is 13.4. The predicted octanol–water partition coefficient (Wildman–Crippen LogP) is 1.92. The van der Waals surface area contributed by atoms with Gasteiger partial charge in [-0.15, -0.1) is 0 Å². The van der Waals surface area contributed by atoms with E-state index in [1.54, 1.807) is 31.2 Å². The molecule has 2 N–H and O–H groups in total. The van der Waals surface area contributed by atoms with Gasteiger partial charge in [-0.3, -0.25) is 5.21 Å². The summed E-state index contributed by atoms with van der Waals surface area (Å²) < 4.78 is 9.81. The predicted molar refractivity (Wildman–Crippen MR) is 71.9 cm³/mol. The van der Waals surface area contributed by atoms with E-state index < -0.39 is 18.4 Å². The fourth-order valence-electron chi connectivity index (χ4n) is 1.40. The third-order valence-corrected chi connectivity index (χ3v) is 2.83. The van der Waals surface area contributed by atoms with Crippen molar-refractivity contribution in [3.05, 3.63) is 48.0 Å². The van der Waals surface area contributed by atoms with Gasteiger partial charge in [0.25, 0.3) is 0 Å². The molecule has 1 amide bonds. The molecule has 6 nitrogen and oxygen atoms in total. The summed E-state index contributed by atoms with van der Waals surface area (Å²) in [5, 5.41) is 19.4. The highest BCUT2D eigenvalue weighted by Gasteiger charge is 2.26. The zero-order chi connectivity index (χ0) is 15.1. The molecule has 2 atom stereocenters. The Bertz CT molecular complexity index is 448. The molecule has 0 saturated carbocycles. The summed E-state index contributed by atoms with van der Waals surface area (Å²) in [7, 11) is 1.43. The topological polar surface area (TPSA) is 79.2 Å². The second-order valence-electron chi connectivity index (χ2n) is 4.21. The number of nitrogens with zero attached hydrogens (tertiary/aromatic N) is 1. The minimum absolute atomic E-state index is 0.00421. The molecule has 0 spiro atoms. The van der Waals surface area contributed by atoms with Gasteiger partial charge < -0.3 is 14.6 Å². The number of carbonyl (C=O) groups is 1. The van der Waals surface area contributed by atoms with Gasteiger partial charge in [-0.25, -0.2) is 4.79 Å². The van der Waals surface area contributed by atoms with Crippen molar-refractivity contribution in [2.75, 3.05) is 7.11 Å². The number of hydrogen-bond acceptors (Lipinski definition) is 5. The Labute approximate surface area is 117 Å². The monoisotopic (exact) mass is 281 g/mol. The van der Waals surface area contributed by atoms with Crippen LogP contribution in [0.5, 0.6) is 0 Å². The summed E-state index contributed by atoms with van der Waals surface area (Å²) in [6.07, 6.45) is -3.17. The molecule has 0 aliphatic rings. The Morgan fingerprint density at radius 3 is 2.55 bits per heavy atom. The first-order chi connectivity index (χ1) is 9.47. The Kier molecular flexibility index (Phi) is 6.17. The maximum Gasteiger partial charge on any atom is 0.436 e. The van der Waals surface area contributed by atoms with Crippen LogP contribution < -0.4 is 0 Å². The summed E-state index contributed by atoms with van der Waals surface area (Å²) in [6, 6.07) is 8.99. The maximum absolute atomic E-state index is 11.6. The van der Waals surface area contributed by atoms with E-state index in [4.69, 9.17) is 9.47 Å². The van der Waals surface area contributed by atoms with Crippen LogP contribution in [0.15, 0.2) is 42.5 Å². The van der Waals surface area contributed by atoms with E-state index in [-0.39, 0.29) is 17.2 Å². The zero-order valence-corrected chi connectivity index (χ0v) is 11.5. The van der Waals surface area contributed by atoms with Crippen LogP contribution in [0.3, 0.4) is 0 Å². The lowest BCUT2D eigenvalue weighted by atomic mass is 10.1. The number of hydroxylamine groups is 2. The van der Waals surface area contributed by atoms with E-state index in [1.165, 1.54) is 7.11 Å². The number of methoxy groups -OCH3 is 1. The molecule has 1 rings (SSSR count). The zero-order valence-electron chi connectivity index (χ0n) is 11.5. The molecule has 0 radical (unpaired) electrons. The minimum atomic E-state index is -1.59. The van der Waals surface area contributed by atoms with E-state index in [1.807, 2.05) is 6.07 Å². The average molecular weight is 281 g/mol. The number of hydrogen-bond donors (Lipinski definition) is 2. The van der Waals surface area contributed by atoms with Gasteiger partial charge in [-0.05, 0) is 12.5 Å². The first kappa shape index (κ1) is 16.2. The van der Waals surface area contributed by atoms with Crippen molar-refractivity contribution < 1.29 is 24.6 Å². The van der Waals surface area contributed by atoms with Crippen molar-refractivity contribution in [2.24, 2.45) is 0 Å². The lowest BCUT2D eigenvalue weighted by Gasteiger charge is -2.25. The van der Waals surface area contributed by atoms with Crippen LogP contribution in [-0.4, -0.2) is 40.9 Å². The molecule has 1 aromatic rings. The van der Waals surface area contributed by atoms with E-state index in [9.17, 15) is 15.1 Å². The molecule has 0 fully saturated rings. The van der Waals surface area contributed by atoms with Crippen LogP contribution in [0.1, 0.15) is 12.5 Å². The fourth-order valence-corrected chi connectivity index (χ4v) is 1.40. The standard InChI is InChI=1S/C14H19NO5/c1-10(11(2)19-3)13(16)15(18)14(17)20-9-12-7-5-4-6-8-12/h4-8,11,13,16,18H,1,9H2,2-3H3. The van der Waals surface area contributed by atoms with Crippen LogP contribution in [0.25, 0.3) is 0 Å². The maximum atomic E-state index is 11.6. The van der Waals surface area contributed by atoms with Gasteiger partial charge in [0.15, 0.2) is 6.23 Å². The number of carbonyl (C=O) groups excluding carboxylic acids is 1. The molecule has 0 aromatic heterocycles. The van der Waals surface area contributed by atoms with Crippen LogP contribution >= 0.6 is 0 Å². The molecule has 110 valence electrons. The lowest BCUT2D eigenvalue weighted by molar-refractivity contribution is -0.161. The van der Waals surface area contributed by atoms with E-state index in [0.29, 0.717) is 0 Å². The van der Waals surface area contributed by atoms with Gasteiger partial charge in [0.05, 0.1) is 6.10 Å². The van der Waals surface area contributed by atoms with Crippen LogP contribution in [0, 0.1) is 0 Å². The van der Waals surface area contributed by atoms with Crippen molar-refractivity contribution in [1.29, 1.82) is 0 Å². The summed E-state index contributed by atoms with van der Waals surface area (Å²) in [5.74, 6) is 0.